The van der Waals surface area contributed by atoms with Crippen LogP contribution in [-0.2, 0) is 6.18 Å². The van der Waals surface area contributed by atoms with Gasteiger partial charge in [-0.1, -0.05) is 18.0 Å². The lowest BCUT2D eigenvalue weighted by Gasteiger charge is -2.31. The van der Waals surface area contributed by atoms with Crippen molar-refractivity contribution in [1.82, 2.24) is 14.9 Å². The minimum Gasteiger partial charge on any atom is -0.476 e. The Morgan fingerprint density at radius 3 is 2.80 bits per heavy atom. The van der Waals surface area contributed by atoms with E-state index in [1.54, 1.807) is 0 Å². The highest BCUT2D eigenvalue weighted by Gasteiger charge is 2.35. The normalized spacial score (nSPS) is 20.9. The van der Waals surface area contributed by atoms with E-state index >= 15 is 0 Å². The summed E-state index contributed by atoms with van der Waals surface area (Å²) in [7, 11) is 1.97. The third-order valence-electron chi connectivity index (χ3n) is 3.27. The molecule has 1 fully saturated rings. The number of hydrogen-bond acceptors (Lipinski definition) is 4. The van der Waals surface area contributed by atoms with Crippen LogP contribution in [0.3, 0.4) is 0 Å². The number of alkyl halides is 3. The summed E-state index contributed by atoms with van der Waals surface area (Å²) in [5.74, 6) is -1.42. The lowest BCUT2D eigenvalue weighted by Crippen LogP contribution is -2.40. The van der Waals surface area contributed by atoms with Crippen molar-refractivity contribution < 1.29 is 17.9 Å². The van der Waals surface area contributed by atoms with Crippen LogP contribution >= 0.6 is 11.6 Å². The van der Waals surface area contributed by atoms with Crippen molar-refractivity contribution in [2.75, 3.05) is 20.2 Å². The average molecular weight is 310 g/mol. The SMILES string of the molecule is CN1CCCCC1COc1cc(Cl)nc(C(F)(F)F)n1. The van der Waals surface area contributed by atoms with Crippen LogP contribution in [-0.4, -0.2) is 41.1 Å². The number of aromatic nitrogens is 2. The molecule has 0 aromatic carbocycles. The summed E-state index contributed by atoms with van der Waals surface area (Å²) in [5.41, 5.74) is 0. The van der Waals surface area contributed by atoms with Crippen LogP contribution in [0.4, 0.5) is 13.2 Å². The number of ether oxygens (including phenoxy) is 1. The standard InChI is InChI=1S/C12H15ClF3N3O/c1-19-5-3-2-4-8(19)7-20-10-6-9(13)17-11(18-10)12(14,15)16/h6,8H,2-5,7H2,1H3. The molecule has 1 atom stereocenters. The van der Waals surface area contributed by atoms with E-state index in [-0.39, 0.29) is 17.1 Å². The Bertz CT molecular complexity index is 470. The van der Waals surface area contributed by atoms with Crippen molar-refractivity contribution in [1.29, 1.82) is 0 Å². The molecule has 0 aliphatic carbocycles. The molecule has 0 amide bonds. The quantitative estimate of drug-likeness (QED) is 0.805. The minimum absolute atomic E-state index is 0.142. The van der Waals surface area contributed by atoms with Gasteiger partial charge in [-0.3, -0.25) is 0 Å². The molecule has 8 heteroatoms. The summed E-state index contributed by atoms with van der Waals surface area (Å²) in [6, 6.07) is 1.38. The average Bonchev–Trinajstić information content (AvgIpc) is 2.36. The van der Waals surface area contributed by atoms with Gasteiger partial charge in [0.05, 0.1) is 0 Å². The topological polar surface area (TPSA) is 38.2 Å². The van der Waals surface area contributed by atoms with Crippen LogP contribution in [0.1, 0.15) is 25.1 Å². The van der Waals surface area contributed by atoms with Crippen LogP contribution in [0.5, 0.6) is 5.88 Å². The molecule has 1 aromatic rings. The van der Waals surface area contributed by atoms with Gasteiger partial charge in [-0.25, -0.2) is 4.98 Å². The Kier molecular flexibility index (Phi) is 4.70. The van der Waals surface area contributed by atoms with Crippen molar-refractivity contribution in [3.05, 3.63) is 17.0 Å². The largest absolute Gasteiger partial charge is 0.476 e. The van der Waals surface area contributed by atoms with E-state index in [2.05, 4.69) is 14.9 Å². The van der Waals surface area contributed by atoms with Gasteiger partial charge < -0.3 is 9.64 Å². The predicted octanol–water partition coefficient (Wildman–Crippen LogP) is 3.01. The molecule has 2 heterocycles. The van der Waals surface area contributed by atoms with Gasteiger partial charge in [-0.2, -0.15) is 18.2 Å². The summed E-state index contributed by atoms with van der Waals surface area (Å²) >= 11 is 5.56. The summed E-state index contributed by atoms with van der Waals surface area (Å²) in [4.78, 5) is 8.64. The number of rotatable bonds is 3. The highest BCUT2D eigenvalue weighted by atomic mass is 35.5. The van der Waals surface area contributed by atoms with Gasteiger partial charge in [0.15, 0.2) is 0 Å². The lowest BCUT2D eigenvalue weighted by atomic mass is 10.0. The highest BCUT2D eigenvalue weighted by molar-refractivity contribution is 6.29. The molecular formula is C12H15ClF3N3O. The Morgan fingerprint density at radius 1 is 1.40 bits per heavy atom. The summed E-state index contributed by atoms with van der Waals surface area (Å²) < 4.78 is 43.0. The van der Waals surface area contributed by atoms with Crippen molar-refractivity contribution in [3.8, 4) is 5.88 Å². The second kappa shape index (κ2) is 6.13. The smallest absolute Gasteiger partial charge is 0.451 e. The Labute approximate surface area is 119 Å². The van der Waals surface area contributed by atoms with Crippen LogP contribution in [0.2, 0.25) is 5.15 Å². The van der Waals surface area contributed by atoms with Crippen LogP contribution in [0.15, 0.2) is 6.07 Å². The lowest BCUT2D eigenvalue weighted by molar-refractivity contribution is -0.145. The fourth-order valence-corrected chi connectivity index (χ4v) is 2.31. The van der Waals surface area contributed by atoms with Gasteiger partial charge in [0, 0.05) is 12.1 Å². The molecule has 20 heavy (non-hydrogen) atoms. The Hall–Kier alpha value is -1.08. The second-order valence-electron chi connectivity index (χ2n) is 4.79. The summed E-state index contributed by atoms with van der Waals surface area (Å²) in [5, 5.41) is -0.278. The fraction of sp³-hybridized carbons (Fsp3) is 0.667. The zero-order valence-electron chi connectivity index (χ0n) is 11.0. The first kappa shape index (κ1) is 15.3. The third kappa shape index (κ3) is 3.96. The molecule has 0 spiro atoms. The molecule has 4 nitrogen and oxygen atoms in total. The van der Waals surface area contributed by atoms with E-state index in [0.717, 1.165) is 25.8 Å². The minimum atomic E-state index is -4.63. The number of likely N-dealkylation sites (tertiary alicyclic amines) is 1. The molecule has 0 N–H and O–H groups in total. The molecule has 1 unspecified atom stereocenters. The number of piperidine rings is 1. The second-order valence-corrected chi connectivity index (χ2v) is 5.18. The summed E-state index contributed by atoms with van der Waals surface area (Å²) in [6.45, 7) is 1.26. The molecule has 2 rings (SSSR count). The van der Waals surface area contributed by atoms with E-state index in [0.29, 0.717) is 6.61 Å². The van der Waals surface area contributed by atoms with E-state index in [9.17, 15) is 13.2 Å². The molecule has 1 aliphatic heterocycles. The molecule has 0 bridgehead atoms. The first-order valence-electron chi connectivity index (χ1n) is 6.31. The van der Waals surface area contributed by atoms with Gasteiger partial charge in [-0.05, 0) is 26.4 Å². The number of nitrogens with zero attached hydrogens (tertiary/aromatic N) is 3. The van der Waals surface area contributed by atoms with Gasteiger partial charge in [-0.15, -0.1) is 0 Å². The molecule has 1 aliphatic rings. The number of halogens is 4. The van der Waals surface area contributed by atoms with E-state index in [1.165, 1.54) is 6.07 Å². The van der Waals surface area contributed by atoms with Gasteiger partial charge >= 0.3 is 6.18 Å². The molecule has 0 saturated carbocycles. The molecular weight excluding hydrogens is 295 g/mol. The van der Waals surface area contributed by atoms with E-state index in [1.807, 2.05) is 7.05 Å². The van der Waals surface area contributed by atoms with E-state index < -0.39 is 12.0 Å². The zero-order chi connectivity index (χ0) is 14.8. The van der Waals surface area contributed by atoms with Gasteiger partial charge in [0.1, 0.15) is 11.8 Å². The van der Waals surface area contributed by atoms with Crippen LogP contribution in [0, 0.1) is 0 Å². The van der Waals surface area contributed by atoms with Gasteiger partial charge in [0.2, 0.25) is 11.7 Å². The van der Waals surface area contributed by atoms with Crippen molar-refractivity contribution in [3.63, 3.8) is 0 Å². The first-order valence-corrected chi connectivity index (χ1v) is 6.69. The van der Waals surface area contributed by atoms with Crippen LogP contribution in [0.25, 0.3) is 0 Å². The maximum Gasteiger partial charge on any atom is 0.451 e. The fourth-order valence-electron chi connectivity index (χ4n) is 2.13. The van der Waals surface area contributed by atoms with Crippen molar-refractivity contribution in [2.45, 2.75) is 31.5 Å². The Morgan fingerprint density at radius 2 is 2.15 bits per heavy atom. The summed E-state index contributed by atoms with van der Waals surface area (Å²) in [6.07, 6.45) is -1.45. The number of hydrogen-bond donors (Lipinski definition) is 0. The molecule has 1 saturated heterocycles. The van der Waals surface area contributed by atoms with Crippen molar-refractivity contribution in [2.24, 2.45) is 0 Å². The predicted molar refractivity (Wildman–Crippen MR) is 67.8 cm³/mol. The van der Waals surface area contributed by atoms with Gasteiger partial charge in [0.25, 0.3) is 0 Å². The molecule has 1 aromatic heterocycles. The number of likely N-dealkylation sites (N-methyl/N-ethyl adjacent to an activating group) is 1. The molecule has 112 valence electrons. The Balaban J connectivity index is 2.04. The first-order chi connectivity index (χ1) is 9.36. The molecule has 0 radical (unpaired) electrons. The van der Waals surface area contributed by atoms with Crippen LogP contribution < -0.4 is 4.74 Å². The highest BCUT2D eigenvalue weighted by Crippen LogP contribution is 2.29. The van der Waals surface area contributed by atoms with E-state index in [4.69, 9.17) is 16.3 Å². The van der Waals surface area contributed by atoms with Crippen molar-refractivity contribution >= 4 is 11.6 Å². The third-order valence-corrected chi connectivity index (χ3v) is 3.46. The zero-order valence-corrected chi connectivity index (χ0v) is 11.7. The maximum absolute atomic E-state index is 12.6. The maximum atomic E-state index is 12.6. The monoisotopic (exact) mass is 309 g/mol.